The van der Waals surface area contributed by atoms with E-state index in [1.54, 1.807) is 37.6 Å². The van der Waals surface area contributed by atoms with Gasteiger partial charge in [-0.05, 0) is 43.2 Å². The highest BCUT2D eigenvalue weighted by molar-refractivity contribution is 5.97. The van der Waals surface area contributed by atoms with Crippen LogP contribution < -0.4 is 20.5 Å². The summed E-state index contributed by atoms with van der Waals surface area (Å²) in [5.74, 6) is 1.73. The Hall–Kier alpha value is -2.02. The van der Waals surface area contributed by atoms with E-state index in [9.17, 15) is 4.79 Å². The summed E-state index contributed by atoms with van der Waals surface area (Å²) in [5.41, 5.74) is 6.08. The summed E-state index contributed by atoms with van der Waals surface area (Å²) in [6, 6.07) is 10.7. The average Bonchev–Trinajstić information content (AvgIpc) is 2.64. The molecule has 0 aliphatic heterocycles. The number of ether oxygens (including phenoxy) is 2. The molecule has 1 aliphatic rings. The highest BCUT2D eigenvalue weighted by atomic mass is 35.5. The molecule has 1 saturated carbocycles. The third-order valence-electron chi connectivity index (χ3n) is 4.47. The number of benzene rings is 1. The smallest absolute Gasteiger partial charge is 0.244 e. The zero-order valence-corrected chi connectivity index (χ0v) is 16.8. The molecule has 148 valence electrons. The standard InChI is InChI=1S/C19H23N3O3.2ClH/c1-24-15-6-8-16(9-7-15)25-17-10-5-14(13-21-17)22-18(23)19(20)11-3-2-4-12-19;;/h5-10,13H,2-4,11-12,20H2,1H3,(H,22,23);2*1H. The zero-order valence-electron chi connectivity index (χ0n) is 15.1. The Bertz CT molecular complexity index is 718. The molecule has 0 radical (unpaired) electrons. The molecule has 1 aromatic heterocycles. The van der Waals surface area contributed by atoms with Crippen LogP contribution in [0.25, 0.3) is 0 Å². The van der Waals surface area contributed by atoms with Gasteiger partial charge in [0, 0.05) is 6.07 Å². The highest BCUT2D eigenvalue weighted by Crippen LogP contribution is 2.28. The van der Waals surface area contributed by atoms with Gasteiger partial charge in [0.2, 0.25) is 11.8 Å². The van der Waals surface area contributed by atoms with E-state index in [1.807, 2.05) is 12.1 Å². The lowest BCUT2D eigenvalue weighted by molar-refractivity contribution is -0.122. The van der Waals surface area contributed by atoms with E-state index in [0.717, 1.165) is 37.9 Å². The monoisotopic (exact) mass is 413 g/mol. The first-order chi connectivity index (χ1) is 12.1. The van der Waals surface area contributed by atoms with Crippen LogP contribution in [0.15, 0.2) is 42.6 Å². The van der Waals surface area contributed by atoms with Crippen LogP contribution >= 0.6 is 24.8 Å². The van der Waals surface area contributed by atoms with Crippen LogP contribution in [0.3, 0.4) is 0 Å². The number of amides is 1. The molecular weight excluding hydrogens is 389 g/mol. The lowest BCUT2D eigenvalue weighted by atomic mass is 9.82. The number of carbonyl (C=O) groups excluding carboxylic acids is 1. The Morgan fingerprint density at radius 1 is 1.04 bits per heavy atom. The van der Waals surface area contributed by atoms with Crippen LogP contribution in [0.4, 0.5) is 5.69 Å². The molecule has 0 bridgehead atoms. The van der Waals surface area contributed by atoms with Gasteiger partial charge in [-0.25, -0.2) is 4.98 Å². The Morgan fingerprint density at radius 3 is 2.22 bits per heavy atom. The normalized spacial score (nSPS) is 14.9. The molecule has 0 atom stereocenters. The summed E-state index contributed by atoms with van der Waals surface area (Å²) in [5, 5.41) is 2.86. The van der Waals surface area contributed by atoms with Gasteiger partial charge in [0.1, 0.15) is 11.5 Å². The van der Waals surface area contributed by atoms with E-state index >= 15 is 0 Å². The summed E-state index contributed by atoms with van der Waals surface area (Å²) >= 11 is 0. The number of halogens is 2. The van der Waals surface area contributed by atoms with Gasteiger partial charge in [-0.2, -0.15) is 0 Å². The number of nitrogens with one attached hydrogen (secondary N) is 1. The molecule has 8 heteroatoms. The first kappa shape index (κ1) is 23.0. The quantitative estimate of drug-likeness (QED) is 0.761. The van der Waals surface area contributed by atoms with Gasteiger partial charge in [-0.15, -0.1) is 24.8 Å². The molecule has 3 N–H and O–H groups in total. The Morgan fingerprint density at radius 2 is 1.67 bits per heavy atom. The van der Waals surface area contributed by atoms with Crippen molar-refractivity contribution in [1.82, 2.24) is 4.98 Å². The number of carbonyl (C=O) groups is 1. The number of hydrogen-bond acceptors (Lipinski definition) is 5. The van der Waals surface area contributed by atoms with Gasteiger partial charge < -0.3 is 20.5 Å². The maximum Gasteiger partial charge on any atom is 0.244 e. The van der Waals surface area contributed by atoms with Crippen molar-refractivity contribution in [2.75, 3.05) is 12.4 Å². The average molecular weight is 414 g/mol. The molecule has 0 spiro atoms. The highest BCUT2D eigenvalue weighted by Gasteiger charge is 2.35. The van der Waals surface area contributed by atoms with Crippen LogP contribution in [-0.2, 0) is 4.79 Å². The molecule has 1 aliphatic carbocycles. The first-order valence-electron chi connectivity index (χ1n) is 8.47. The van der Waals surface area contributed by atoms with Gasteiger partial charge in [0.25, 0.3) is 0 Å². The molecule has 1 heterocycles. The van der Waals surface area contributed by atoms with Crippen molar-refractivity contribution in [1.29, 1.82) is 0 Å². The number of methoxy groups -OCH3 is 1. The van der Waals surface area contributed by atoms with Crippen molar-refractivity contribution in [2.45, 2.75) is 37.6 Å². The molecule has 1 amide bonds. The first-order valence-corrected chi connectivity index (χ1v) is 8.47. The second kappa shape index (κ2) is 10.3. The number of rotatable bonds is 5. The van der Waals surface area contributed by atoms with E-state index in [2.05, 4.69) is 10.3 Å². The van der Waals surface area contributed by atoms with Gasteiger partial charge in [-0.3, -0.25) is 4.79 Å². The summed E-state index contributed by atoms with van der Waals surface area (Å²) in [4.78, 5) is 16.6. The zero-order chi connectivity index (χ0) is 17.7. The summed E-state index contributed by atoms with van der Waals surface area (Å²) in [6.07, 6.45) is 6.16. The summed E-state index contributed by atoms with van der Waals surface area (Å²) in [6.45, 7) is 0. The Kier molecular flexibility index (Phi) is 8.82. The van der Waals surface area contributed by atoms with Gasteiger partial charge in [0.15, 0.2) is 0 Å². The molecule has 0 saturated heterocycles. The maximum atomic E-state index is 12.4. The fraction of sp³-hybridized carbons (Fsp3) is 0.368. The van der Waals surface area contributed by atoms with Gasteiger partial charge in [0.05, 0.1) is 24.5 Å². The summed E-state index contributed by atoms with van der Waals surface area (Å²) in [7, 11) is 1.61. The van der Waals surface area contributed by atoms with Crippen LogP contribution in [0.5, 0.6) is 17.4 Å². The van der Waals surface area contributed by atoms with Crippen LogP contribution in [0, 0.1) is 0 Å². The predicted molar refractivity (Wildman–Crippen MR) is 110 cm³/mol. The minimum absolute atomic E-state index is 0. The van der Waals surface area contributed by atoms with Crippen molar-refractivity contribution < 1.29 is 14.3 Å². The van der Waals surface area contributed by atoms with Gasteiger partial charge in [-0.1, -0.05) is 19.3 Å². The lowest BCUT2D eigenvalue weighted by Gasteiger charge is -2.31. The van der Waals surface area contributed by atoms with Crippen molar-refractivity contribution in [3.8, 4) is 17.4 Å². The lowest BCUT2D eigenvalue weighted by Crippen LogP contribution is -2.52. The minimum Gasteiger partial charge on any atom is -0.497 e. The molecule has 1 fully saturated rings. The molecule has 1 aromatic carbocycles. The SMILES string of the molecule is COc1ccc(Oc2ccc(NC(=O)C3(N)CCCCC3)cn2)cc1.Cl.Cl. The summed E-state index contributed by atoms with van der Waals surface area (Å²) < 4.78 is 10.8. The second-order valence-electron chi connectivity index (χ2n) is 6.33. The fourth-order valence-corrected chi connectivity index (χ4v) is 2.94. The number of anilines is 1. The van der Waals surface area contributed by atoms with E-state index < -0.39 is 5.54 Å². The minimum atomic E-state index is -0.767. The number of nitrogens with two attached hydrogens (primary N) is 1. The van der Waals surface area contributed by atoms with Crippen LogP contribution in [0.1, 0.15) is 32.1 Å². The topological polar surface area (TPSA) is 86.5 Å². The number of pyridine rings is 1. The van der Waals surface area contributed by atoms with Crippen molar-refractivity contribution >= 4 is 36.4 Å². The van der Waals surface area contributed by atoms with E-state index in [0.29, 0.717) is 17.3 Å². The number of nitrogens with zero attached hydrogens (tertiary/aromatic N) is 1. The van der Waals surface area contributed by atoms with Crippen molar-refractivity contribution in [3.05, 3.63) is 42.6 Å². The van der Waals surface area contributed by atoms with Crippen LogP contribution in [0.2, 0.25) is 0 Å². The maximum absolute atomic E-state index is 12.4. The fourth-order valence-electron chi connectivity index (χ4n) is 2.94. The van der Waals surface area contributed by atoms with Gasteiger partial charge >= 0.3 is 0 Å². The largest absolute Gasteiger partial charge is 0.497 e. The Labute approximate surface area is 171 Å². The third-order valence-corrected chi connectivity index (χ3v) is 4.47. The molecule has 2 aromatic rings. The van der Waals surface area contributed by atoms with Crippen molar-refractivity contribution in [3.63, 3.8) is 0 Å². The third kappa shape index (κ3) is 5.99. The molecule has 6 nitrogen and oxygen atoms in total. The van der Waals surface area contributed by atoms with E-state index in [1.165, 1.54) is 0 Å². The van der Waals surface area contributed by atoms with Crippen LogP contribution in [-0.4, -0.2) is 23.5 Å². The number of aromatic nitrogens is 1. The number of hydrogen-bond donors (Lipinski definition) is 2. The molecule has 0 unspecified atom stereocenters. The van der Waals surface area contributed by atoms with Crippen molar-refractivity contribution in [2.24, 2.45) is 5.73 Å². The molecule has 27 heavy (non-hydrogen) atoms. The Balaban J connectivity index is 0.00000182. The second-order valence-corrected chi connectivity index (χ2v) is 6.33. The predicted octanol–water partition coefficient (Wildman–Crippen LogP) is 4.33. The molecular formula is C19H25Cl2N3O3. The molecule has 3 rings (SSSR count). The van der Waals surface area contributed by atoms with E-state index in [4.69, 9.17) is 15.2 Å². The van der Waals surface area contributed by atoms with E-state index in [-0.39, 0.29) is 30.7 Å².